The summed E-state index contributed by atoms with van der Waals surface area (Å²) in [5, 5.41) is 20.4. The SMILES string of the molecule is CC(CC#N)N(C)C(=O)Nc1c(Cl)cc(Cl)cc1C(=O)O. The molecular weight excluding hydrogens is 317 g/mol. The molecule has 0 radical (unpaired) electrons. The van der Waals surface area contributed by atoms with Gasteiger partial charge in [0.1, 0.15) is 0 Å². The Labute approximate surface area is 131 Å². The van der Waals surface area contributed by atoms with E-state index in [1.54, 1.807) is 6.92 Å². The molecule has 0 saturated carbocycles. The first-order chi connectivity index (χ1) is 9.77. The number of anilines is 1. The highest BCUT2D eigenvalue weighted by Crippen LogP contribution is 2.30. The van der Waals surface area contributed by atoms with Gasteiger partial charge in [-0.3, -0.25) is 0 Å². The number of carboxylic acid groups (broad SMARTS) is 1. The van der Waals surface area contributed by atoms with E-state index in [0.717, 1.165) is 0 Å². The number of nitrogens with one attached hydrogen (secondary N) is 1. The van der Waals surface area contributed by atoms with Crippen molar-refractivity contribution in [1.82, 2.24) is 4.90 Å². The van der Waals surface area contributed by atoms with Crippen LogP contribution in [0.3, 0.4) is 0 Å². The van der Waals surface area contributed by atoms with E-state index in [4.69, 9.17) is 33.6 Å². The number of amides is 2. The van der Waals surface area contributed by atoms with Crippen LogP contribution in [0.5, 0.6) is 0 Å². The van der Waals surface area contributed by atoms with Crippen LogP contribution in [0.2, 0.25) is 10.0 Å². The summed E-state index contributed by atoms with van der Waals surface area (Å²) in [6.45, 7) is 1.70. The van der Waals surface area contributed by atoms with Crippen LogP contribution in [0.1, 0.15) is 23.7 Å². The zero-order chi connectivity index (χ0) is 16.2. The van der Waals surface area contributed by atoms with Gasteiger partial charge in [0, 0.05) is 18.1 Å². The van der Waals surface area contributed by atoms with Gasteiger partial charge in [0.25, 0.3) is 0 Å². The van der Waals surface area contributed by atoms with E-state index < -0.39 is 12.0 Å². The fourth-order valence-electron chi connectivity index (χ4n) is 1.53. The van der Waals surface area contributed by atoms with Gasteiger partial charge in [-0.1, -0.05) is 23.2 Å². The van der Waals surface area contributed by atoms with Crippen molar-refractivity contribution in [3.8, 4) is 6.07 Å². The van der Waals surface area contributed by atoms with Gasteiger partial charge in [0.2, 0.25) is 0 Å². The molecule has 0 heterocycles. The second-order valence-corrected chi connectivity index (χ2v) is 5.21. The molecule has 112 valence electrons. The zero-order valence-electron chi connectivity index (χ0n) is 11.4. The van der Waals surface area contributed by atoms with Crippen molar-refractivity contribution in [2.45, 2.75) is 19.4 Å². The molecule has 1 atom stereocenters. The lowest BCUT2D eigenvalue weighted by Gasteiger charge is -2.24. The van der Waals surface area contributed by atoms with Crippen LogP contribution in [-0.2, 0) is 0 Å². The standard InChI is InChI=1S/C13H13Cl2N3O3/c1-7(3-4-16)18(2)13(21)17-11-9(12(19)20)5-8(14)6-10(11)15/h5-7H,3H2,1-2H3,(H,17,21)(H,19,20). The topological polar surface area (TPSA) is 93.4 Å². The number of carboxylic acids is 1. The molecule has 0 bridgehead atoms. The molecule has 0 aliphatic carbocycles. The van der Waals surface area contributed by atoms with Gasteiger partial charge >= 0.3 is 12.0 Å². The quantitative estimate of drug-likeness (QED) is 0.884. The number of aromatic carboxylic acids is 1. The number of nitriles is 1. The molecule has 1 aromatic rings. The number of benzene rings is 1. The summed E-state index contributed by atoms with van der Waals surface area (Å²) >= 11 is 11.7. The summed E-state index contributed by atoms with van der Waals surface area (Å²) in [6, 6.07) is 3.60. The predicted molar refractivity (Wildman–Crippen MR) is 79.9 cm³/mol. The van der Waals surface area contributed by atoms with E-state index in [1.807, 2.05) is 6.07 Å². The van der Waals surface area contributed by atoms with Crippen LogP contribution in [0.4, 0.5) is 10.5 Å². The number of carbonyl (C=O) groups is 2. The molecule has 8 heteroatoms. The summed E-state index contributed by atoms with van der Waals surface area (Å²) < 4.78 is 0. The average molecular weight is 330 g/mol. The highest BCUT2D eigenvalue weighted by Gasteiger charge is 2.21. The minimum Gasteiger partial charge on any atom is -0.478 e. The average Bonchev–Trinajstić information content (AvgIpc) is 2.40. The first-order valence-corrected chi connectivity index (χ1v) is 6.66. The minimum atomic E-state index is -1.26. The Hall–Kier alpha value is -1.97. The maximum absolute atomic E-state index is 12.1. The molecule has 1 unspecified atom stereocenters. The van der Waals surface area contributed by atoms with Crippen molar-refractivity contribution in [3.05, 3.63) is 27.7 Å². The number of urea groups is 1. The number of hydrogen-bond donors (Lipinski definition) is 2. The Morgan fingerprint density at radius 3 is 2.62 bits per heavy atom. The van der Waals surface area contributed by atoms with Gasteiger partial charge in [-0.25, -0.2) is 9.59 Å². The molecule has 2 amide bonds. The number of carbonyl (C=O) groups excluding carboxylic acids is 1. The Morgan fingerprint density at radius 1 is 1.48 bits per heavy atom. The van der Waals surface area contributed by atoms with Crippen molar-refractivity contribution >= 4 is 40.9 Å². The predicted octanol–water partition coefficient (Wildman–Crippen LogP) is 3.46. The summed E-state index contributed by atoms with van der Waals surface area (Å²) in [5.41, 5.74) is -0.239. The second kappa shape index (κ2) is 7.16. The lowest BCUT2D eigenvalue weighted by molar-refractivity contribution is 0.0698. The third-order valence-electron chi connectivity index (χ3n) is 2.89. The summed E-state index contributed by atoms with van der Waals surface area (Å²) in [4.78, 5) is 24.5. The molecule has 0 aliphatic rings. The lowest BCUT2D eigenvalue weighted by atomic mass is 10.1. The molecule has 1 aromatic carbocycles. The normalized spacial score (nSPS) is 11.4. The first-order valence-electron chi connectivity index (χ1n) is 5.91. The maximum Gasteiger partial charge on any atom is 0.337 e. The van der Waals surface area contributed by atoms with E-state index in [0.29, 0.717) is 0 Å². The van der Waals surface area contributed by atoms with Crippen LogP contribution >= 0.6 is 23.2 Å². The van der Waals surface area contributed by atoms with E-state index in [-0.39, 0.29) is 33.8 Å². The van der Waals surface area contributed by atoms with Crippen LogP contribution < -0.4 is 5.32 Å². The van der Waals surface area contributed by atoms with E-state index in [1.165, 1.54) is 24.1 Å². The Kier molecular flexibility index (Phi) is 5.82. The van der Waals surface area contributed by atoms with Crippen molar-refractivity contribution in [2.24, 2.45) is 0 Å². The monoisotopic (exact) mass is 329 g/mol. The van der Waals surface area contributed by atoms with Crippen molar-refractivity contribution in [2.75, 3.05) is 12.4 Å². The zero-order valence-corrected chi connectivity index (χ0v) is 12.9. The molecule has 0 aromatic heterocycles. The van der Waals surface area contributed by atoms with E-state index in [2.05, 4.69) is 5.32 Å². The molecule has 0 spiro atoms. The number of halogens is 2. The number of nitrogens with zero attached hydrogens (tertiary/aromatic N) is 2. The van der Waals surface area contributed by atoms with E-state index in [9.17, 15) is 9.59 Å². The van der Waals surface area contributed by atoms with E-state index >= 15 is 0 Å². The third-order valence-corrected chi connectivity index (χ3v) is 3.40. The van der Waals surface area contributed by atoms with Gasteiger partial charge in [0.05, 0.1) is 28.8 Å². The van der Waals surface area contributed by atoms with Gasteiger partial charge in [-0.2, -0.15) is 5.26 Å². The van der Waals surface area contributed by atoms with Crippen molar-refractivity contribution < 1.29 is 14.7 Å². The molecule has 21 heavy (non-hydrogen) atoms. The molecular formula is C13H13Cl2N3O3. The van der Waals surface area contributed by atoms with Crippen LogP contribution in [0, 0.1) is 11.3 Å². The maximum atomic E-state index is 12.1. The fraction of sp³-hybridized carbons (Fsp3) is 0.308. The highest BCUT2D eigenvalue weighted by atomic mass is 35.5. The first kappa shape index (κ1) is 17.1. The lowest BCUT2D eigenvalue weighted by Crippen LogP contribution is -2.38. The second-order valence-electron chi connectivity index (χ2n) is 4.37. The van der Waals surface area contributed by atoms with Crippen LogP contribution in [0.25, 0.3) is 0 Å². The molecule has 0 fully saturated rings. The van der Waals surface area contributed by atoms with Gasteiger partial charge in [-0.15, -0.1) is 0 Å². The highest BCUT2D eigenvalue weighted by molar-refractivity contribution is 6.37. The van der Waals surface area contributed by atoms with Gasteiger partial charge < -0.3 is 15.3 Å². The molecule has 0 saturated heterocycles. The molecule has 2 N–H and O–H groups in total. The van der Waals surface area contributed by atoms with Crippen molar-refractivity contribution in [1.29, 1.82) is 5.26 Å². The Bertz CT molecular complexity index is 613. The smallest absolute Gasteiger partial charge is 0.337 e. The van der Waals surface area contributed by atoms with Crippen LogP contribution in [0.15, 0.2) is 12.1 Å². The van der Waals surface area contributed by atoms with Crippen LogP contribution in [-0.4, -0.2) is 35.1 Å². The number of rotatable bonds is 4. The fourth-order valence-corrected chi connectivity index (χ4v) is 2.07. The summed E-state index contributed by atoms with van der Waals surface area (Å²) in [6.07, 6.45) is 0.157. The van der Waals surface area contributed by atoms with Gasteiger partial charge in [-0.05, 0) is 19.1 Å². The third kappa shape index (κ3) is 4.25. The summed E-state index contributed by atoms with van der Waals surface area (Å²) in [5.74, 6) is -1.26. The Balaban J connectivity index is 3.05. The largest absolute Gasteiger partial charge is 0.478 e. The van der Waals surface area contributed by atoms with Crippen molar-refractivity contribution in [3.63, 3.8) is 0 Å². The molecule has 1 rings (SSSR count). The van der Waals surface area contributed by atoms with Gasteiger partial charge in [0.15, 0.2) is 0 Å². The Morgan fingerprint density at radius 2 is 2.10 bits per heavy atom. The minimum absolute atomic E-state index is 0.0228. The molecule has 0 aliphatic heterocycles. The number of hydrogen-bond acceptors (Lipinski definition) is 3. The molecule has 6 nitrogen and oxygen atoms in total. The summed E-state index contributed by atoms with van der Waals surface area (Å²) in [7, 11) is 1.50.